The van der Waals surface area contributed by atoms with Gasteiger partial charge in [-0.2, -0.15) is 5.10 Å². The van der Waals surface area contributed by atoms with Crippen LogP contribution in [0.1, 0.15) is 84.9 Å². The lowest BCUT2D eigenvalue weighted by Crippen LogP contribution is -2.26. The Morgan fingerprint density at radius 1 is 1.04 bits per heavy atom. The number of halogens is 1. The second-order valence-corrected chi connectivity index (χ2v) is 13.5. The van der Waals surface area contributed by atoms with Crippen LogP contribution in [0, 0.1) is 5.82 Å². The van der Waals surface area contributed by atoms with Gasteiger partial charge in [-0.3, -0.25) is 9.78 Å². The molecule has 7 rings (SSSR count). The highest BCUT2D eigenvalue weighted by molar-refractivity contribution is 7.99. The number of hydrogen-bond acceptors (Lipinski definition) is 6. The Morgan fingerprint density at radius 3 is 2.76 bits per heavy atom. The number of nitrogens with one attached hydrogen (secondary N) is 1. The molecule has 9 heteroatoms. The van der Waals surface area contributed by atoms with Gasteiger partial charge in [0.2, 0.25) is 0 Å². The molecule has 1 atom stereocenters. The van der Waals surface area contributed by atoms with E-state index in [0.717, 1.165) is 78.7 Å². The molecule has 3 fully saturated rings. The Hall–Kier alpha value is -3.53. The first-order valence-corrected chi connectivity index (χ1v) is 17.2. The van der Waals surface area contributed by atoms with Crippen LogP contribution < -0.4 is 5.32 Å². The summed E-state index contributed by atoms with van der Waals surface area (Å²) in [4.78, 5) is 21.2. The summed E-state index contributed by atoms with van der Waals surface area (Å²) in [6.45, 7) is 4.33. The van der Waals surface area contributed by atoms with Gasteiger partial charge in [-0.1, -0.05) is 17.8 Å². The van der Waals surface area contributed by atoms with Crippen LogP contribution in [0.2, 0.25) is 0 Å². The molecule has 3 aliphatic rings. The fourth-order valence-electron chi connectivity index (χ4n) is 6.28. The Labute approximate surface area is 268 Å². The number of pyridine rings is 1. The maximum Gasteiger partial charge on any atom is 0.252 e. The van der Waals surface area contributed by atoms with Crippen molar-refractivity contribution in [1.29, 1.82) is 0 Å². The van der Waals surface area contributed by atoms with E-state index in [4.69, 9.17) is 9.84 Å². The van der Waals surface area contributed by atoms with Crippen molar-refractivity contribution >= 4 is 40.7 Å². The quantitative estimate of drug-likeness (QED) is 0.186. The highest BCUT2D eigenvalue weighted by atomic mass is 32.2. The third-order valence-corrected chi connectivity index (χ3v) is 9.98. The van der Waals surface area contributed by atoms with Gasteiger partial charge in [0.1, 0.15) is 5.82 Å². The summed E-state index contributed by atoms with van der Waals surface area (Å²) in [5.41, 5.74) is 4.34. The topological polar surface area (TPSA) is 72.3 Å². The Morgan fingerprint density at radius 2 is 1.93 bits per heavy atom. The summed E-state index contributed by atoms with van der Waals surface area (Å²) in [5.74, 6) is -0.625. The van der Waals surface area contributed by atoms with Crippen molar-refractivity contribution in [2.45, 2.75) is 79.8 Å². The van der Waals surface area contributed by atoms with E-state index in [1.165, 1.54) is 49.3 Å². The van der Waals surface area contributed by atoms with Crippen LogP contribution in [0.3, 0.4) is 0 Å². The summed E-state index contributed by atoms with van der Waals surface area (Å²) in [7, 11) is 0. The monoisotopic (exact) mass is 625 g/mol. The molecule has 2 saturated heterocycles. The molecule has 0 bridgehead atoms. The lowest BCUT2D eigenvalue weighted by Gasteiger charge is -2.23. The average molecular weight is 626 g/mol. The Balaban J connectivity index is 1.14. The zero-order valence-corrected chi connectivity index (χ0v) is 26.4. The number of aromatic nitrogens is 3. The number of likely N-dealkylation sites (tertiary alicyclic amines) is 1. The van der Waals surface area contributed by atoms with Gasteiger partial charge in [0.25, 0.3) is 5.91 Å². The molecule has 1 N–H and O–H groups in total. The molecule has 7 nitrogen and oxygen atoms in total. The number of benzene rings is 2. The van der Waals surface area contributed by atoms with Crippen LogP contribution in [-0.2, 0) is 11.2 Å². The van der Waals surface area contributed by atoms with E-state index in [2.05, 4.69) is 27.3 Å². The molecule has 1 saturated carbocycles. The van der Waals surface area contributed by atoms with Gasteiger partial charge in [0.15, 0.2) is 6.23 Å². The smallest absolute Gasteiger partial charge is 0.252 e. The van der Waals surface area contributed by atoms with E-state index < -0.39 is 5.82 Å². The van der Waals surface area contributed by atoms with Crippen LogP contribution in [0.15, 0.2) is 64.5 Å². The largest absolute Gasteiger partial charge is 0.356 e. The second kappa shape index (κ2) is 13.8. The number of fused-ring (bicyclic) bond motifs is 1. The summed E-state index contributed by atoms with van der Waals surface area (Å²) >= 11 is 1.27. The molecular formula is C36H40FN5O2S. The number of hydrogen-bond donors (Lipinski definition) is 1. The van der Waals surface area contributed by atoms with Crippen LogP contribution in [-0.4, -0.2) is 57.9 Å². The number of rotatable bonds is 11. The molecule has 2 aliphatic heterocycles. The summed E-state index contributed by atoms with van der Waals surface area (Å²) in [6, 6.07) is 15.2. The number of carbonyl (C=O) groups excluding carboxylic acids is 1. The molecule has 0 radical (unpaired) electrons. The Kier molecular flexibility index (Phi) is 9.28. The van der Waals surface area contributed by atoms with E-state index >= 15 is 4.39 Å². The highest BCUT2D eigenvalue weighted by Crippen LogP contribution is 2.37. The van der Waals surface area contributed by atoms with Crippen LogP contribution in [0.4, 0.5) is 4.39 Å². The summed E-state index contributed by atoms with van der Waals surface area (Å²) in [6.07, 6.45) is 15.6. The van der Waals surface area contributed by atoms with E-state index in [9.17, 15) is 4.79 Å². The van der Waals surface area contributed by atoms with Crippen molar-refractivity contribution in [1.82, 2.24) is 25.0 Å². The molecule has 4 aromatic rings. The van der Waals surface area contributed by atoms with Crippen molar-refractivity contribution in [2.24, 2.45) is 0 Å². The molecule has 1 unspecified atom stereocenters. The molecule has 234 valence electrons. The minimum atomic E-state index is -0.401. The molecule has 4 heterocycles. The first-order chi connectivity index (χ1) is 22.1. The lowest BCUT2D eigenvalue weighted by molar-refractivity contribution is -0.0367. The normalized spacial score (nSPS) is 19.1. The zero-order chi connectivity index (χ0) is 30.6. The zero-order valence-electron chi connectivity index (χ0n) is 25.6. The lowest BCUT2D eigenvalue weighted by atomic mass is 10.1. The summed E-state index contributed by atoms with van der Waals surface area (Å²) in [5, 5.41) is 9.01. The highest BCUT2D eigenvalue weighted by Gasteiger charge is 2.26. The van der Waals surface area contributed by atoms with Crippen LogP contribution >= 0.6 is 11.8 Å². The van der Waals surface area contributed by atoms with Crippen molar-refractivity contribution in [2.75, 3.05) is 26.2 Å². The van der Waals surface area contributed by atoms with E-state index in [1.807, 2.05) is 41.2 Å². The predicted octanol–water partition coefficient (Wildman–Crippen LogP) is 7.51. The van der Waals surface area contributed by atoms with Crippen molar-refractivity contribution in [3.8, 4) is 0 Å². The minimum Gasteiger partial charge on any atom is -0.356 e. The van der Waals surface area contributed by atoms with Gasteiger partial charge in [-0.05, 0) is 138 Å². The molecule has 2 aromatic carbocycles. The molecule has 45 heavy (non-hydrogen) atoms. The molecule has 2 aromatic heterocycles. The maximum atomic E-state index is 15.1. The van der Waals surface area contributed by atoms with Gasteiger partial charge in [-0.15, -0.1) is 0 Å². The first-order valence-electron chi connectivity index (χ1n) is 16.4. The maximum absolute atomic E-state index is 15.1. The van der Waals surface area contributed by atoms with Gasteiger partial charge in [-0.25, -0.2) is 9.07 Å². The second-order valence-electron chi connectivity index (χ2n) is 12.4. The van der Waals surface area contributed by atoms with Gasteiger partial charge < -0.3 is 15.0 Å². The SMILES string of the molecule is O=C(NC1CC1)c1cccc(F)c1Sc1ccc2c(/C=C/c3cc(CCCN4CCCC4)ccn3)nn(C3CCCCO3)c2c1. The standard InChI is InChI=1S/C36H40FN5O2S/c37-31-9-5-8-30(36(43)39-26-11-12-26)35(31)45-28-14-15-29-32(40-42(33(29)24-28)34-10-1-4-22-44-34)16-13-27-23-25(17-18-38-27)7-6-21-41-19-2-3-20-41/h5,8-9,13-18,23-24,26,34H,1-4,6-7,10-12,19-22H2,(H,39,43)/b16-13+. The summed E-state index contributed by atoms with van der Waals surface area (Å²) < 4.78 is 23.2. The minimum absolute atomic E-state index is 0.158. The van der Waals surface area contributed by atoms with E-state index in [0.29, 0.717) is 17.1 Å². The number of ether oxygens (including phenoxy) is 1. The van der Waals surface area contributed by atoms with Gasteiger partial charge in [0, 0.05) is 29.1 Å². The molecule has 1 aliphatic carbocycles. The molecular weight excluding hydrogens is 585 g/mol. The predicted molar refractivity (Wildman–Crippen MR) is 177 cm³/mol. The average Bonchev–Trinajstić information content (AvgIpc) is 3.57. The number of nitrogens with zero attached hydrogens (tertiary/aromatic N) is 4. The molecule has 1 amide bonds. The number of carbonyl (C=O) groups is 1. The van der Waals surface area contributed by atoms with Crippen LogP contribution in [0.25, 0.3) is 23.1 Å². The van der Waals surface area contributed by atoms with Crippen molar-refractivity contribution in [3.05, 3.63) is 83.1 Å². The number of amides is 1. The third-order valence-electron chi connectivity index (χ3n) is 8.88. The van der Waals surface area contributed by atoms with Crippen molar-refractivity contribution in [3.63, 3.8) is 0 Å². The molecule has 0 spiro atoms. The van der Waals surface area contributed by atoms with Gasteiger partial charge in [0.05, 0.1) is 27.4 Å². The fourth-order valence-corrected chi connectivity index (χ4v) is 7.26. The van der Waals surface area contributed by atoms with Crippen LogP contribution in [0.5, 0.6) is 0 Å². The fraction of sp³-hybridized carbons (Fsp3) is 0.417. The van der Waals surface area contributed by atoms with E-state index in [-0.39, 0.29) is 18.2 Å². The van der Waals surface area contributed by atoms with Crippen molar-refractivity contribution < 1.29 is 13.9 Å². The Bertz CT molecular complexity index is 1690. The third kappa shape index (κ3) is 7.32. The number of aryl methyl sites for hydroxylation is 1. The van der Waals surface area contributed by atoms with Gasteiger partial charge >= 0.3 is 0 Å². The first kappa shape index (κ1) is 30.1. The van der Waals surface area contributed by atoms with E-state index in [1.54, 1.807) is 12.1 Å².